The van der Waals surface area contributed by atoms with E-state index in [2.05, 4.69) is 10.4 Å². The van der Waals surface area contributed by atoms with Gasteiger partial charge in [0.05, 0.1) is 11.9 Å². The van der Waals surface area contributed by atoms with Crippen LogP contribution in [0.1, 0.15) is 34.1 Å². The average Bonchev–Trinajstić information content (AvgIpc) is 2.85. The quantitative estimate of drug-likeness (QED) is 0.883. The van der Waals surface area contributed by atoms with Crippen molar-refractivity contribution < 1.29 is 9.59 Å². The molecule has 2 atom stereocenters. The van der Waals surface area contributed by atoms with Crippen LogP contribution >= 0.6 is 0 Å². The highest BCUT2D eigenvalue weighted by Crippen LogP contribution is 2.26. The number of nitrogens with one attached hydrogen (secondary N) is 1. The number of aromatic nitrogens is 2. The number of carbonyl (C=O) groups is 2. The molecule has 0 aliphatic carbocycles. The molecule has 0 radical (unpaired) electrons. The summed E-state index contributed by atoms with van der Waals surface area (Å²) >= 11 is 0. The number of rotatable bonds is 3. The predicted octanol–water partition coefficient (Wildman–Crippen LogP) is 0.923. The fourth-order valence-corrected chi connectivity index (χ4v) is 2.22. The third-order valence-corrected chi connectivity index (χ3v) is 3.79. The van der Waals surface area contributed by atoms with Gasteiger partial charge in [-0.25, -0.2) is 0 Å². The highest BCUT2D eigenvalue weighted by Gasteiger charge is 2.46. The Morgan fingerprint density at radius 1 is 1.42 bits per heavy atom. The molecule has 6 nitrogen and oxygen atoms in total. The first kappa shape index (κ1) is 13.6. The summed E-state index contributed by atoms with van der Waals surface area (Å²) in [5.41, 5.74) is -0.161. The van der Waals surface area contributed by atoms with E-state index in [9.17, 15) is 9.59 Å². The Bertz CT molecular complexity index is 510. The minimum absolute atomic E-state index is 0.0854. The first-order valence-electron chi connectivity index (χ1n) is 6.61. The van der Waals surface area contributed by atoms with Gasteiger partial charge in [-0.15, -0.1) is 0 Å². The van der Waals surface area contributed by atoms with E-state index in [-0.39, 0.29) is 11.8 Å². The standard InChI is InChI=1S/C13H20N4O2/c1-5-13(4)12(19)17(9(3)11(18)15-13)10-7-14-16(6-2)8-10/h7-9H,5-6H2,1-4H3,(H,15,18). The summed E-state index contributed by atoms with van der Waals surface area (Å²) < 4.78 is 1.74. The Kier molecular flexibility index (Phi) is 3.34. The van der Waals surface area contributed by atoms with Crippen LogP contribution in [0.2, 0.25) is 0 Å². The van der Waals surface area contributed by atoms with Crippen molar-refractivity contribution in [3.63, 3.8) is 0 Å². The van der Waals surface area contributed by atoms with Crippen LogP contribution in [-0.2, 0) is 16.1 Å². The van der Waals surface area contributed by atoms with Gasteiger partial charge in [0.2, 0.25) is 5.91 Å². The van der Waals surface area contributed by atoms with Crippen LogP contribution in [0, 0.1) is 0 Å². The minimum atomic E-state index is -0.835. The number of piperazine rings is 1. The van der Waals surface area contributed by atoms with Gasteiger partial charge in [-0.05, 0) is 27.2 Å². The van der Waals surface area contributed by atoms with Gasteiger partial charge >= 0.3 is 0 Å². The van der Waals surface area contributed by atoms with Crippen LogP contribution in [0.25, 0.3) is 0 Å². The molecule has 2 heterocycles. The minimum Gasteiger partial charge on any atom is -0.340 e. The summed E-state index contributed by atoms with van der Waals surface area (Å²) in [6, 6.07) is -0.512. The molecule has 2 rings (SSSR count). The fourth-order valence-electron chi connectivity index (χ4n) is 2.22. The van der Waals surface area contributed by atoms with Gasteiger partial charge < -0.3 is 5.32 Å². The van der Waals surface area contributed by atoms with Gasteiger partial charge in [0.15, 0.2) is 0 Å². The van der Waals surface area contributed by atoms with Crippen LogP contribution < -0.4 is 10.2 Å². The second-order valence-electron chi connectivity index (χ2n) is 5.08. The molecular weight excluding hydrogens is 244 g/mol. The van der Waals surface area contributed by atoms with E-state index in [1.807, 2.05) is 13.8 Å². The topological polar surface area (TPSA) is 67.2 Å². The van der Waals surface area contributed by atoms with Gasteiger partial charge in [-0.1, -0.05) is 6.92 Å². The molecular formula is C13H20N4O2. The van der Waals surface area contributed by atoms with Crippen molar-refractivity contribution in [3.05, 3.63) is 12.4 Å². The normalized spacial score (nSPS) is 27.6. The van der Waals surface area contributed by atoms with Crippen LogP contribution in [-0.4, -0.2) is 33.2 Å². The van der Waals surface area contributed by atoms with Gasteiger partial charge in [0.1, 0.15) is 11.6 Å². The Morgan fingerprint density at radius 3 is 2.63 bits per heavy atom. The second-order valence-corrected chi connectivity index (χ2v) is 5.08. The third kappa shape index (κ3) is 2.11. The van der Waals surface area contributed by atoms with Crippen molar-refractivity contribution in [2.75, 3.05) is 4.90 Å². The highest BCUT2D eigenvalue weighted by molar-refractivity contribution is 6.10. The Morgan fingerprint density at radius 2 is 2.11 bits per heavy atom. The number of amides is 2. The van der Waals surface area contributed by atoms with Crippen molar-refractivity contribution >= 4 is 17.5 Å². The monoisotopic (exact) mass is 264 g/mol. The summed E-state index contributed by atoms with van der Waals surface area (Å²) in [5, 5.41) is 6.97. The molecule has 1 saturated heterocycles. The average molecular weight is 264 g/mol. The molecule has 104 valence electrons. The summed E-state index contributed by atoms with van der Waals surface area (Å²) in [6.45, 7) is 8.08. The summed E-state index contributed by atoms with van der Waals surface area (Å²) in [6.07, 6.45) is 3.98. The number of hydrogen-bond acceptors (Lipinski definition) is 3. The molecule has 1 aliphatic heterocycles. The molecule has 6 heteroatoms. The van der Waals surface area contributed by atoms with Gasteiger partial charge in [0, 0.05) is 12.7 Å². The molecule has 1 aromatic rings. The summed E-state index contributed by atoms with van der Waals surface area (Å²) in [7, 11) is 0. The van der Waals surface area contributed by atoms with Crippen LogP contribution in [0.15, 0.2) is 12.4 Å². The van der Waals surface area contributed by atoms with E-state index in [4.69, 9.17) is 0 Å². The van der Waals surface area contributed by atoms with Gasteiger partial charge in [-0.2, -0.15) is 5.10 Å². The third-order valence-electron chi connectivity index (χ3n) is 3.79. The van der Waals surface area contributed by atoms with E-state index in [0.29, 0.717) is 12.1 Å². The van der Waals surface area contributed by atoms with Crippen molar-refractivity contribution in [2.24, 2.45) is 0 Å². The van der Waals surface area contributed by atoms with Crippen molar-refractivity contribution in [2.45, 2.75) is 52.2 Å². The maximum atomic E-state index is 12.6. The number of nitrogens with zero attached hydrogens (tertiary/aromatic N) is 3. The zero-order valence-electron chi connectivity index (χ0n) is 11.8. The molecule has 0 saturated carbocycles. The van der Waals surface area contributed by atoms with E-state index in [1.165, 1.54) is 0 Å². The van der Waals surface area contributed by atoms with E-state index in [0.717, 1.165) is 6.54 Å². The van der Waals surface area contributed by atoms with Crippen LogP contribution in [0.3, 0.4) is 0 Å². The molecule has 1 aromatic heterocycles. The molecule has 2 unspecified atom stereocenters. The Labute approximate surface area is 112 Å². The lowest BCUT2D eigenvalue weighted by atomic mass is 9.92. The smallest absolute Gasteiger partial charge is 0.253 e. The number of anilines is 1. The van der Waals surface area contributed by atoms with E-state index >= 15 is 0 Å². The SMILES string of the molecule is CCn1cc(N2C(=O)C(C)(CC)NC(=O)C2C)cn1. The maximum Gasteiger partial charge on any atom is 0.253 e. The van der Waals surface area contributed by atoms with Gasteiger partial charge in [-0.3, -0.25) is 19.2 Å². The second kappa shape index (κ2) is 4.68. The lowest BCUT2D eigenvalue weighted by molar-refractivity contribution is -0.137. The first-order valence-corrected chi connectivity index (χ1v) is 6.61. The molecule has 19 heavy (non-hydrogen) atoms. The Balaban J connectivity index is 2.40. The molecule has 1 fully saturated rings. The molecule has 2 amide bonds. The van der Waals surface area contributed by atoms with Crippen molar-refractivity contribution in [1.82, 2.24) is 15.1 Å². The molecule has 0 bridgehead atoms. The lowest BCUT2D eigenvalue weighted by Crippen LogP contribution is -2.68. The van der Waals surface area contributed by atoms with E-state index in [1.54, 1.807) is 35.8 Å². The van der Waals surface area contributed by atoms with Crippen LogP contribution in [0.5, 0.6) is 0 Å². The molecule has 0 spiro atoms. The predicted molar refractivity (Wildman–Crippen MR) is 71.7 cm³/mol. The summed E-state index contributed by atoms with van der Waals surface area (Å²) in [4.78, 5) is 26.2. The molecule has 1 N–H and O–H groups in total. The largest absolute Gasteiger partial charge is 0.340 e. The summed E-state index contributed by atoms with van der Waals surface area (Å²) in [5.74, 6) is -0.217. The zero-order valence-corrected chi connectivity index (χ0v) is 11.8. The van der Waals surface area contributed by atoms with E-state index < -0.39 is 11.6 Å². The maximum absolute atomic E-state index is 12.6. The Hall–Kier alpha value is -1.85. The number of carbonyl (C=O) groups excluding carboxylic acids is 2. The number of hydrogen-bond donors (Lipinski definition) is 1. The van der Waals surface area contributed by atoms with Crippen molar-refractivity contribution in [3.8, 4) is 0 Å². The fraction of sp³-hybridized carbons (Fsp3) is 0.615. The lowest BCUT2D eigenvalue weighted by Gasteiger charge is -2.42. The van der Waals surface area contributed by atoms with Crippen molar-refractivity contribution in [1.29, 1.82) is 0 Å². The number of aryl methyl sites for hydroxylation is 1. The zero-order chi connectivity index (χ0) is 14.2. The first-order chi connectivity index (χ1) is 8.92. The highest BCUT2D eigenvalue weighted by atomic mass is 16.2. The van der Waals surface area contributed by atoms with Crippen LogP contribution in [0.4, 0.5) is 5.69 Å². The van der Waals surface area contributed by atoms with Gasteiger partial charge in [0.25, 0.3) is 5.91 Å². The molecule has 1 aliphatic rings. The molecule has 0 aromatic carbocycles.